The average Bonchev–Trinajstić information content (AvgIpc) is 2.67. The second-order valence-corrected chi connectivity index (χ2v) is 2.93. The lowest BCUT2D eigenvalue weighted by atomic mass is 10.3. The van der Waals surface area contributed by atoms with Crippen LogP contribution in [0.3, 0.4) is 0 Å². The van der Waals surface area contributed by atoms with E-state index in [-0.39, 0.29) is 5.82 Å². The van der Waals surface area contributed by atoms with Gasteiger partial charge in [-0.3, -0.25) is 0 Å². The number of nitrogens with zero attached hydrogens (tertiary/aromatic N) is 5. The smallest absolute Gasteiger partial charge is 0.189 e. The van der Waals surface area contributed by atoms with Gasteiger partial charge in [-0.05, 0) is 29.5 Å². The molecule has 0 radical (unpaired) electrons. The molecule has 2 rings (SSSR count). The zero-order chi connectivity index (χ0) is 9.97. The highest BCUT2D eigenvalue weighted by molar-refractivity contribution is 6.30. The number of tetrazole rings is 1. The van der Waals surface area contributed by atoms with Crippen LogP contribution in [-0.4, -0.2) is 20.2 Å². The van der Waals surface area contributed by atoms with Crippen molar-refractivity contribution in [3.8, 4) is 11.8 Å². The Morgan fingerprint density at radius 1 is 1.29 bits per heavy atom. The Morgan fingerprint density at radius 3 is 2.57 bits per heavy atom. The monoisotopic (exact) mass is 205 g/mol. The fraction of sp³-hybridized carbons (Fsp3) is 0. The molecule has 0 bridgehead atoms. The summed E-state index contributed by atoms with van der Waals surface area (Å²) in [4.78, 5) is 1.27. The number of aromatic nitrogens is 4. The maximum Gasteiger partial charge on any atom is 0.274 e. The summed E-state index contributed by atoms with van der Waals surface area (Å²) >= 11 is 5.71. The van der Waals surface area contributed by atoms with Crippen molar-refractivity contribution < 1.29 is 0 Å². The van der Waals surface area contributed by atoms with E-state index in [9.17, 15) is 0 Å². The van der Waals surface area contributed by atoms with Crippen LogP contribution in [0.5, 0.6) is 0 Å². The van der Waals surface area contributed by atoms with E-state index in [1.54, 1.807) is 30.3 Å². The summed E-state index contributed by atoms with van der Waals surface area (Å²) in [5.74, 6) is 0.0416. The van der Waals surface area contributed by atoms with Crippen molar-refractivity contribution in [1.29, 1.82) is 5.26 Å². The van der Waals surface area contributed by atoms with Crippen LogP contribution in [0.4, 0.5) is 0 Å². The molecule has 14 heavy (non-hydrogen) atoms. The SMILES string of the molecule is N#Cc1nnn(-c2ccc(Cl)cc2)n1. The molecule has 0 fully saturated rings. The van der Waals surface area contributed by atoms with Crippen LogP contribution in [0.25, 0.3) is 5.69 Å². The lowest BCUT2D eigenvalue weighted by Crippen LogP contribution is -1.98. The molecule has 68 valence electrons. The van der Waals surface area contributed by atoms with E-state index in [0.717, 1.165) is 0 Å². The summed E-state index contributed by atoms with van der Waals surface area (Å²) in [7, 11) is 0. The second kappa shape index (κ2) is 3.44. The van der Waals surface area contributed by atoms with Crippen molar-refractivity contribution >= 4 is 11.6 Å². The quantitative estimate of drug-likeness (QED) is 0.701. The van der Waals surface area contributed by atoms with E-state index in [2.05, 4.69) is 15.4 Å². The fourth-order valence-electron chi connectivity index (χ4n) is 0.943. The molecule has 0 atom stereocenters. The van der Waals surface area contributed by atoms with Crippen LogP contribution in [0.1, 0.15) is 5.82 Å². The first-order valence-corrected chi connectivity index (χ1v) is 4.13. The van der Waals surface area contributed by atoms with Gasteiger partial charge in [0.15, 0.2) is 0 Å². The molecule has 0 N–H and O–H groups in total. The Kier molecular flexibility index (Phi) is 2.13. The summed E-state index contributed by atoms with van der Waals surface area (Å²) in [6, 6.07) is 8.71. The van der Waals surface area contributed by atoms with Gasteiger partial charge in [-0.1, -0.05) is 16.7 Å². The van der Waals surface area contributed by atoms with Gasteiger partial charge in [0, 0.05) is 5.02 Å². The summed E-state index contributed by atoms with van der Waals surface area (Å²) in [6.07, 6.45) is 0. The van der Waals surface area contributed by atoms with Gasteiger partial charge < -0.3 is 0 Å². The molecule has 0 aliphatic carbocycles. The molecule has 0 amide bonds. The maximum atomic E-state index is 8.49. The Morgan fingerprint density at radius 2 is 2.00 bits per heavy atom. The Labute approximate surface area is 84.5 Å². The van der Waals surface area contributed by atoms with Gasteiger partial charge in [0.05, 0.1) is 5.69 Å². The van der Waals surface area contributed by atoms with Gasteiger partial charge >= 0.3 is 0 Å². The largest absolute Gasteiger partial charge is 0.274 e. The third-order valence-corrected chi connectivity index (χ3v) is 1.82. The van der Waals surface area contributed by atoms with E-state index in [4.69, 9.17) is 16.9 Å². The van der Waals surface area contributed by atoms with Crippen LogP contribution >= 0.6 is 11.6 Å². The molecule has 1 heterocycles. The van der Waals surface area contributed by atoms with E-state index < -0.39 is 0 Å². The summed E-state index contributed by atoms with van der Waals surface area (Å²) in [5.41, 5.74) is 0.711. The standard InChI is InChI=1S/C8H4ClN5/c9-6-1-3-7(4-2-6)14-12-8(5-10)11-13-14/h1-4H. The summed E-state index contributed by atoms with van der Waals surface area (Å²) in [5, 5.41) is 20.2. The third kappa shape index (κ3) is 1.56. The zero-order valence-corrected chi connectivity index (χ0v) is 7.68. The average molecular weight is 206 g/mol. The molecular weight excluding hydrogens is 202 g/mol. The molecule has 5 nitrogen and oxygen atoms in total. The minimum absolute atomic E-state index is 0.0416. The molecule has 0 spiro atoms. The predicted molar refractivity (Wildman–Crippen MR) is 48.9 cm³/mol. The molecule has 1 aromatic heterocycles. The van der Waals surface area contributed by atoms with Gasteiger partial charge in [0.1, 0.15) is 6.07 Å². The maximum absolute atomic E-state index is 8.49. The first-order chi connectivity index (χ1) is 6.79. The normalized spacial score (nSPS) is 9.71. The predicted octanol–water partition coefficient (Wildman–Crippen LogP) is 1.19. The van der Waals surface area contributed by atoms with Crippen molar-refractivity contribution in [2.24, 2.45) is 0 Å². The van der Waals surface area contributed by atoms with Crippen molar-refractivity contribution in [3.05, 3.63) is 35.1 Å². The number of nitriles is 1. The first kappa shape index (κ1) is 8.66. The molecule has 1 aromatic carbocycles. The highest BCUT2D eigenvalue weighted by Gasteiger charge is 2.02. The highest BCUT2D eigenvalue weighted by Crippen LogP contribution is 2.11. The molecule has 0 unspecified atom stereocenters. The van der Waals surface area contributed by atoms with E-state index in [1.165, 1.54) is 4.80 Å². The highest BCUT2D eigenvalue weighted by atomic mass is 35.5. The Bertz CT molecular complexity index is 481. The summed E-state index contributed by atoms with van der Waals surface area (Å²) < 4.78 is 0. The topological polar surface area (TPSA) is 67.4 Å². The van der Waals surface area contributed by atoms with Gasteiger partial charge in [0.2, 0.25) is 0 Å². The summed E-state index contributed by atoms with van der Waals surface area (Å²) in [6.45, 7) is 0. The van der Waals surface area contributed by atoms with E-state index in [0.29, 0.717) is 10.7 Å². The fourth-order valence-corrected chi connectivity index (χ4v) is 1.07. The number of halogens is 1. The van der Waals surface area contributed by atoms with Gasteiger partial charge in [-0.25, -0.2) is 0 Å². The zero-order valence-electron chi connectivity index (χ0n) is 6.92. The van der Waals surface area contributed by atoms with Crippen molar-refractivity contribution in [3.63, 3.8) is 0 Å². The molecule has 0 aliphatic heterocycles. The molecule has 0 saturated carbocycles. The van der Waals surface area contributed by atoms with E-state index in [1.807, 2.05) is 0 Å². The van der Waals surface area contributed by atoms with Crippen molar-refractivity contribution in [1.82, 2.24) is 20.2 Å². The molecule has 0 saturated heterocycles. The van der Waals surface area contributed by atoms with Crippen LogP contribution in [0, 0.1) is 11.3 Å². The van der Waals surface area contributed by atoms with Crippen LogP contribution in [0.15, 0.2) is 24.3 Å². The number of benzene rings is 1. The van der Waals surface area contributed by atoms with Gasteiger partial charge in [-0.15, -0.1) is 9.90 Å². The number of hydrogen-bond acceptors (Lipinski definition) is 4. The first-order valence-electron chi connectivity index (χ1n) is 3.75. The minimum atomic E-state index is 0.0416. The minimum Gasteiger partial charge on any atom is -0.189 e. The lowest BCUT2D eigenvalue weighted by Gasteiger charge is -1.96. The van der Waals surface area contributed by atoms with Crippen LogP contribution < -0.4 is 0 Å². The Balaban J connectivity index is 2.40. The van der Waals surface area contributed by atoms with Gasteiger partial charge in [-0.2, -0.15) is 5.26 Å². The van der Waals surface area contributed by atoms with Crippen LogP contribution in [-0.2, 0) is 0 Å². The number of hydrogen-bond donors (Lipinski definition) is 0. The van der Waals surface area contributed by atoms with Gasteiger partial charge in [0.25, 0.3) is 5.82 Å². The third-order valence-electron chi connectivity index (χ3n) is 1.57. The molecular formula is C8H4ClN5. The van der Waals surface area contributed by atoms with Crippen LogP contribution in [0.2, 0.25) is 5.02 Å². The second-order valence-electron chi connectivity index (χ2n) is 2.49. The lowest BCUT2D eigenvalue weighted by molar-refractivity contribution is 0.719. The van der Waals surface area contributed by atoms with E-state index >= 15 is 0 Å². The molecule has 2 aromatic rings. The van der Waals surface area contributed by atoms with Crippen molar-refractivity contribution in [2.75, 3.05) is 0 Å². The Hall–Kier alpha value is -1.93. The number of rotatable bonds is 1. The molecule has 0 aliphatic rings. The van der Waals surface area contributed by atoms with Crippen molar-refractivity contribution in [2.45, 2.75) is 0 Å². The molecule has 6 heteroatoms.